The van der Waals surface area contributed by atoms with Gasteiger partial charge in [0.05, 0.1) is 0 Å². The summed E-state index contributed by atoms with van der Waals surface area (Å²) in [5.41, 5.74) is 0.403. The van der Waals surface area contributed by atoms with Crippen LogP contribution >= 0.6 is 11.6 Å². The van der Waals surface area contributed by atoms with Gasteiger partial charge in [0.25, 0.3) is 0 Å². The molecule has 1 rings (SSSR count). The Labute approximate surface area is 81.5 Å². The predicted octanol–water partition coefficient (Wildman–Crippen LogP) is 2.84. The van der Waals surface area contributed by atoms with Gasteiger partial charge in [0, 0.05) is 11.4 Å². The van der Waals surface area contributed by atoms with Gasteiger partial charge in [-0.2, -0.15) is 0 Å². The van der Waals surface area contributed by atoms with Gasteiger partial charge in [-0.1, -0.05) is 30.3 Å². The molecule has 1 aromatic rings. The number of carbonyl (C=O) groups is 1. The van der Waals surface area contributed by atoms with Crippen LogP contribution in [0.1, 0.15) is 16.8 Å². The highest BCUT2D eigenvalue weighted by Gasteiger charge is 2.17. The SMILES string of the molecule is O=C(c1ccccc1)C(F)CCCl. The van der Waals surface area contributed by atoms with E-state index in [2.05, 4.69) is 0 Å². The minimum Gasteiger partial charge on any atom is -0.291 e. The van der Waals surface area contributed by atoms with Crippen molar-refractivity contribution in [3.05, 3.63) is 35.9 Å². The van der Waals surface area contributed by atoms with Crippen LogP contribution in [-0.4, -0.2) is 17.8 Å². The molecule has 1 aromatic carbocycles. The van der Waals surface area contributed by atoms with Crippen molar-refractivity contribution >= 4 is 17.4 Å². The van der Waals surface area contributed by atoms with Crippen molar-refractivity contribution in [2.24, 2.45) is 0 Å². The standard InChI is InChI=1S/C10H10ClFO/c11-7-6-9(12)10(13)8-4-2-1-3-5-8/h1-5,9H,6-7H2. The topological polar surface area (TPSA) is 17.1 Å². The van der Waals surface area contributed by atoms with Gasteiger partial charge in [0.2, 0.25) is 0 Å². The Morgan fingerprint density at radius 1 is 1.38 bits per heavy atom. The fraction of sp³-hybridized carbons (Fsp3) is 0.300. The van der Waals surface area contributed by atoms with Crippen molar-refractivity contribution in [2.75, 3.05) is 5.88 Å². The number of benzene rings is 1. The Bertz CT molecular complexity index is 274. The molecule has 0 aromatic heterocycles. The molecule has 0 aliphatic heterocycles. The van der Waals surface area contributed by atoms with Crippen molar-refractivity contribution in [1.82, 2.24) is 0 Å². The molecule has 1 unspecified atom stereocenters. The predicted molar refractivity (Wildman–Crippen MR) is 51.0 cm³/mol. The van der Waals surface area contributed by atoms with Crippen LogP contribution in [0.3, 0.4) is 0 Å². The smallest absolute Gasteiger partial charge is 0.196 e. The van der Waals surface area contributed by atoms with Crippen LogP contribution in [0.2, 0.25) is 0 Å². The summed E-state index contributed by atoms with van der Waals surface area (Å²) < 4.78 is 13.0. The number of alkyl halides is 2. The van der Waals surface area contributed by atoms with Crippen molar-refractivity contribution in [3.8, 4) is 0 Å². The Morgan fingerprint density at radius 2 is 2.00 bits per heavy atom. The number of ketones is 1. The third kappa shape index (κ3) is 2.81. The normalized spacial score (nSPS) is 12.5. The van der Waals surface area contributed by atoms with E-state index in [0.717, 1.165) is 0 Å². The second-order valence-electron chi connectivity index (χ2n) is 2.68. The second kappa shape index (κ2) is 4.97. The van der Waals surface area contributed by atoms with Crippen molar-refractivity contribution in [3.63, 3.8) is 0 Å². The van der Waals surface area contributed by atoms with Crippen LogP contribution in [0.5, 0.6) is 0 Å². The molecule has 0 heterocycles. The summed E-state index contributed by atoms with van der Waals surface area (Å²) in [4.78, 5) is 11.3. The average molecular weight is 201 g/mol. The highest BCUT2D eigenvalue weighted by Crippen LogP contribution is 2.09. The monoisotopic (exact) mass is 200 g/mol. The summed E-state index contributed by atoms with van der Waals surface area (Å²) in [5, 5.41) is 0. The molecule has 0 N–H and O–H groups in total. The first-order valence-corrected chi connectivity index (χ1v) is 4.58. The lowest BCUT2D eigenvalue weighted by Gasteiger charge is -2.04. The van der Waals surface area contributed by atoms with Crippen LogP contribution in [0, 0.1) is 0 Å². The molecule has 0 aliphatic rings. The molecule has 3 heteroatoms. The highest BCUT2D eigenvalue weighted by atomic mass is 35.5. The lowest BCUT2D eigenvalue weighted by molar-refractivity contribution is 0.0874. The van der Waals surface area contributed by atoms with Crippen LogP contribution in [0.25, 0.3) is 0 Å². The average Bonchev–Trinajstić information content (AvgIpc) is 2.18. The molecular weight excluding hydrogens is 191 g/mol. The summed E-state index contributed by atoms with van der Waals surface area (Å²) in [5.74, 6) is -0.319. The molecule has 1 nitrogen and oxygen atoms in total. The zero-order chi connectivity index (χ0) is 9.68. The van der Waals surface area contributed by atoms with Gasteiger partial charge in [0.1, 0.15) is 0 Å². The molecule has 0 saturated carbocycles. The first kappa shape index (κ1) is 10.2. The van der Waals surface area contributed by atoms with Crippen molar-refractivity contribution < 1.29 is 9.18 Å². The molecule has 0 amide bonds. The van der Waals surface area contributed by atoms with Crippen LogP contribution in [-0.2, 0) is 0 Å². The van der Waals surface area contributed by atoms with E-state index in [0.29, 0.717) is 5.56 Å². The Kier molecular flexibility index (Phi) is 3.90. The largest absolute Gasteiger partial charge is 0.291 e. The molecule has 0 aliphatic carbocycles. The lowest BCUT2D eigenvalue weighted by atomic mass is 10.1. The van der Waals surface area contributed by atoms with Gasteiger partial charge in [0.15, 0.2) is 12.0 Å². The van der Waals surface area contributed by atoms with Crippen molar-refractivity contribution in [1.29, 1.82) is 0 Å². The maximum Gasteiger partial charge on any atom is 0.196 e. The van der Waals surface area contributed by atoms with Gasteiger partial charge >= 0.3 is 0 Å². The third-order valence-electron chi connectivity index (χ3n) is 1.71. The number of rotatable bonds is 4. The van der Waals surface area contributed by atoms with Crippen LogP contribution < -0.4 is 0 Å². The maximum atomic E-state index is 13.0. The van der Waals surface area contributed by atoms with Crippen LogP contribution in [0.4, 0.5) is 4.39 Å². The lowest BCUT2D eigenvalue weighted by Crippen LogP contribution is -2.16. The van der Waals surface area contributed by atoms with Crippen molar-refractivity contribution in [2.45, 2.75) is 12.6 Å². The van der Waals surface area contributed by atoms with Gasteiger partial charge in [-0.25, -0.2) is 4.39 Å². The molecule has 0 bridgehead atoms. The minimum absolute atomic E-state index is 0.0787. The van der Waals surface area contributed by atoms with Gasteiger partial charge in [-0.05, 0) is 6.42 Å². The number of halogens is 2. The van der Waals surface area contributed by atoms with E-state index in [9.17, 15) is 9.18 Å². The molecule has 13 heavy (non-hydrogen) atoms. The molecular formula is C10H10ClFO. The maximum absolute atomic E-state index is 13.0. The highest BCUT2D eigenvalue weighted by molar-refractivity contribution is 6.18. The van der Waals surface area contributed by atoms with E-state index in [4.69, 9.17) is 11.6 Å². The number of hydrogen-bond donors (Lipinski definition) is 0. The van der Waals surface area contributed by atoms with E-state index >= 15 is 0 Å². The molecule has 0 radical (unpaired) electrons. The minimum atomic E-state index is -1.47. The Morgan fingerprint density at radius 3 is 2.54 bits per heavy atom. The van der Waals surface area contributed by atoms with Gasteiger partial charge < -0.3 is 0 Å². The Hall–Kier alpha value is -0.890. The summed E-state index contributed by atoms with van der Waals surface area (Å²) in [6, 6.07) is 8.40. The Balaban J connectivity index is 2.68. The fourth-order valence-electron chi connectivity index (χ4n) is 1.01. The first-order chi connectivity index (χ1) is 6.25. The van der Waals surface area contributed by atoms with Gasteiger partial charge in [-0.3, -0.25) is 4.79 Å². The molecule has 0 fully saturated rings. The molecule has 0 spiro atoms. The molecule has 0 saturated heterocycles. The van der Waals surface area contributed by atoms with Gasteiger partial charge in [-0.15, -0.1) is 11.6 Å². The van der Waals surface area contributed by atoms with E-state index in [-0.39, 0.29) is 12.3 Å². The van der Waals surface area contributed by atoms with E-state index in [1.54, 1.807) is 30.3 Å². The van der Waals surface area contributed by atoms with E-state index < -0.39 is 12.0 Å². The number of Topliss-reactive ketones (excluding diaryl/α,β-unsaturated/α-hetero) is 1. The first-order valence-electron chi connectivity index (χ1n) is 4.05. The second-order valence-corrected chi connectivity index (χ2v) is 3.05. The zero-order valence-electron chi connectivity index (χ0n) is 7.04. The third-order valence-corrected chi connectivity index (χ3v) is 1.92. The zero-order valence-corrected chi connectivity index (χ0v) is 7.80. The molecule has 1 atom stereocenters. The summed E-state index contributed by atoms with van der Waals surface area (Å²) >= 11 is 5.34. The van der Waals surface area contributed by atoms with E-state index in [1.807, 2.05) is 0 Å². The number of carbonyl (C=O) groups excluding carboxylic acids is 1. The summed E-state index contributed by atoms with van der Waals surface area (Å²) in [7, 11) is 0. The summed E-state index contributed by atoms with van der Waals surface area (Å²) in [6.07, 6.45) is -1.39. The molecule has 70 valence electrons. The quantitative estimate of drug-likeness (QED) is 0.540. The van der Waals surface area contributed by atoms with Crippen LogP contribution in [0.15, 0.2) is 30.3 Å². The summed E-state index contributed by atoms with van der Waals surface area (Å²) in [6.45, 7) is 0. The van der Waals surface area contributed by atoms with E-state index in [1.165, 1.54) is 0 Å². The number of hydrogen-bond acceptors (Lipinski definition) is 1. The fourth-order valence-corrected chi connectivity index (χ4v) is 1.20.